The summed E-state index contributed by atoms with van der Waals surface area (Å²) >= 11 is 1.67. The maximum atomic E-state index is 9.74. The summed E-state index contributed by atoms with van der Waals surface area (Å²) in [4.78, 5) is 1.16. The van der Waals surface area contributed by atoms with E-state index in [4.69, 9.17) is 0 Å². The van der Waals surface area contributed by atoms with Crippen molar-refractivity contribution in [1.82, 2.24) is 0 Å². The molecule has 0 saturated carbocycles. The second kappa shape index (κ2) is 3.46. The van der Waals surface area contributed by atoms with Gasteiger partial charge in [-0.05, 0) is 43.0 Å². The first-order chi connectivity index (χ1) is 6.68. The predicted molar refractivity (Wildman–Crippen MR) is 60.9 cm³/mol. The highest BCUT2D eigenvalue weighted by atomic mass is 32.1. The molecule has 0 atom stereocenters. The summed E-state index contributed by atoms with van der Waals surface area (Å²) in [6, 6.07) is 7.77. The van der Waals surface area contributed by atoms with Gasteiger partial charge in [0.2, 0.25) is 0 Å². The maximum absolute atomic E-state index is 9.74. The van der Waals surface area contributed by atoms with E-state index in [2.05, 4.69) is 13.0 Å². The molecule has 2 rings (SSSR count). The lowest BCUT2D eigenvalue weighted by molar-refractivity contribution is 0.477. The molecule has 0 aliphatic rings. The van der Waals surface area contributed by atoms with Crippen LogP contribution in [0.4, 0.5) is 0 Å². The Morgan fingerprint density at radius 1 is 1.14 bits per heavy atom. The molecule has 1 nitrogen and oxygen atoms in total. The standard InChI is InChI=1S/C12H12OS/c1-8-3-4-11(13)10(7-8)12-9(2)5-6-14-12/h3-7,13H,1-2H3. The second-order valence-corrected chi connectivity index (χ2v) is 4.37. The Balaban J connectivity index is 2.62. The van der Waals surface area contributed by atoms with Crippen LogP contribution in [0, 0.1) is 13.8 Å². The Kier molecular flexibility index (Phi) is 2.30. The molecule has 0 aliphatic heterocycles. The van der Waals surface area contributed by atoms with E-state index in [9.17, 15) is 5.11 Å². The number of hydrogen-bond acceptors (Lipinski definition) is 2. The van der Waals surface area contributed by atoms with Crippen LogP contribution in [-0.2, 0) is 0 Å². The largest absolute Gasteiger partial charge is 0.507 e. The maximum Gasteiger partial charge on any atom is 0.124 e. The van der Waals surface area contributed by atoms with Crippen LogP contribution in [0.15, 0.2) is 29.6 Å². The van der Waals surface area contributed by atoms with Gasteiger partial charge in [-0.1, -0.05) is 11.6 Å². The monoisotopic (exact) mass is 204 g/mol. The SMILES string of the molecule is Cc1ccc(O)c(-c2sccc2C)c1. The first kappa shape index (κ1) is 9.28. The molecule has 0 radical (unpaired) electrons. The number of phenols is 1. The summed E-state index contributed by atoms with van der Waals surface area (Å²) in [5.74, 6) is 0.362. The molecule has 2 aromatic rings. The van der Waals surface area contributed by atoms with Gasteiger partial charge in [0.25, 0.3) is 0 Å². The summed E-state index contributed by atoms with van der Waals surface area (Å²) in [6.45, 7) is 4.10. The van der Waals surface area contributed by atoms with E-state index in [-0.39, 0.29) is 0 Å². The van der Waals surface area contributed by atoms with Gasteiger partial charge in [-0.25, -0.2) is 0 Å². The first-order valence-electron chi connectivity index (χ1n) is 4.52. The molecule has 1 N–H and O–H groups in total. The van der Waals surface area contributed by atoms with Crippen molar-refractivity contribution < 1.29 is 5.11 Å². The van der Waals surface area contributed by atoms with E-state index in [0.29, 0.717) is 5.75 Å². The van der Waals surface area contributed by atoms with E-state index >= 15 is 0 Å². The molecule has 0 fully saturated rings. The average Bonchev–Trinajstić information content (AvgIpc) is 2.56. The third-order valence-electron chi connectivity index (χ3n) is 2.26. The van der Waals surface area contributed by atoms with Crippen molar-refractivity contribution in [3.05, 3.63) is 40.8 Å². The zero-order valence-corrected chi connectivity index (χ0v) is 9.06. The zero-order chi connectivity index (χ0) is 10.1. The smallest absolute Gasteiger partial charge is 0.124 e. The van der Waals surface area contributed by atoms with Crippen molar-refractivity contribution in [2.24, 2.45) is 0 Å². The highest BCUT2D eigenvalue weighted by molar-refractivity contribution is 7.13. The summed E-state index contributed by atoms with van der Waals surface area (Å²) < 4.78 is 0. The first-order valence-corrected chi connectivity index (χ1v) is 5.40. The van der Waals surface area contributed by atoms with E-state index in [1.54, 1.807) is 17.4 Å². The van der Waals surface area contributed by atoms with Gasteiger partial charge in [0, 0.05) is 10.4 Å². The Morgan fingerprint density at radius 3 is 2.57 bits per heavy atom. The van der Waals surface area contributed by atoms with Crippen molar-refractivity contribution >= 4 is 11.3 Å². The molecule has 2 heteroatoms. The lowest BCUT2D eigenvalue weighted by Gasteiger charge is -2.04. The van der Waals surface area contributed by atoms with E-state index < -0.39 is 0 Å². The van der Waals surface area contributed by atoms with Crippen LogP contribution in [0.1, 0.15) is 11.1 Å². The van der Waals surface area contributed by atoms with Gasteiger partial charge in [0.1, 0.15) is 5.75 Å². The Morgan fingerprint density at radius 2 is 1.93 bits per heavy atom. The minimum atomic E-state index is 0.362. The lowest BCUT2D eigenvalue weighted by atomic mass is 10.1. The van der Waals surface area contributed by atoms with Crippen molar-refractivity contribution in [2.45, 2.75) is 13.8 Å². The summed E-state index contributed by atoms with van der Waals surface area (Å²) in [5.41, 5.74) is 3.33. The Hall–Kier alpha value is -1.28. The van der Waals surface area contributed by atoms with E-state index in [1.807, 2.05) is 24.4 Å². The van der Waals surface area contributed by atoms with Gasteiger partial charge in [0.15, 0.2) is 0 Å². The lowest BCUT2D eigenvalue weighted by Crippen LogP contribution is -1.79. The van der Waals surface area contributed by atoms with Crippen molar-refractivity contribution in [2.75, 3.05) is 0 Å². The normalized spacial score (nSPS) is 10.4. The molecule has 1 heterocycles. The van der Waals surface area contributed by atoms with Crippen LogP contribution >= 0.6 is 11.3 Å². The number of phenolic OH excluding ortho intramolecular Hbond substituents is 1. The molecule has 14 heavy (non-hydrogen) atoms. The number of hydrogen-bond donors (Lipinski definition) is 1. The number of aryl methyl sites for hydroxylation is 2. The van der Waals surface area contributed by atoms with Gasteiger partial charge in [-0.15, -0.1) is 11.3 Å². The van der Waals surface area contributed by atoms with Gasteiger partial charge in [-0.3, -0.25) is 0 Å². The number of rotatable bonds is 1. The van der Waals surface area contributed by atoms with Crippen LogP contribution in [0.25, 0.3) is 10.4 Å². The third kappa shape index (κ3) is 1.53. The van der Waals surface area contributed by atoms with Gasteiger partial charge in [0.05, 0.1) is 0 Å². The summed E-state index contributed by atoms with van der Waals surface area (Å²) in [7, 11) is 0. The fourth-order valence-electron chi connectivity index (χ4n) is 1.48. The molecule has 0 saturated heterocycles. The molecule has 1 aromatic carbocycles. The predicted octanol–water partition coefficient (Wildman–Crippen LogP) is 3.74. The summed E-state index contributed by atoms with van der Waals surface area (Å²) in [5, 5.41) is 11.8. The Bertz CT molecular complexity index is 457. The highest BCUT2D eigenvalue weighted by Gasteiger charge is 2.07. The van der Waals surface area contributed by atoms with Crippen molar-refractivity contribution in [3.8, 4) is 16.2 Å². The molecule has 0 bridgehead atoms. The topological polar surface area (TPSA) is 20.2 Å². The number of thiophene rings is 1. The fraction of sp³-hybridized carbons (Fsp3) is 0.167. The van der Waals surface area contributed by atoms with E-state index in [1.165, 1.54) is 11.1 Å². The molecular formula is C12H12OS. The summed E-state index contributed by atoms with van der Waals surface area (Å²) in [6.07, 6.45) is 0. The van der Waals surface area contributed by atoms with Crippen LogP contribution in [0.2, 0.25) is 0 Å². The van der Waals surface area contributed by atoms with Crippen LogP contribution in [-0.4, -0.2) is 5.11 Å². The molecule has 0 aliphatic carbocycles. The van der Waals surface area contributed by atoms with Crippen molar-refractivity contribution in [3.63, 3.8) is 0 Å². The molecule has 0 amide bonds. The molecular weight excluding hydrogens is 192 g/mol. The second-order valence-electron chi connectivity index (χ2n) is 3.45. The van der Waals surface area contributed by atoms with Gasteiger partial charge in [-0.2, -0.15) is 0 Å². The minimum absolute atomic E-state index is 0.362. The average molecular weight is 204 g/mol. The van der Waals surface area contributed by atoms with Crippen molar-refractivity contribution in [1.29, 1.82) is 0 Å². The van der Waals surface area contributed by atoms with Gasteiger partial charge >= 0.3 is 0 Å². The highest BCUT2D eigenvalue weighted by Crippen LogP contribution is 2.35. The van der Waals surface area contributed by atoms with Crippen LogP contribution < -0.4 is 0 Å². The number of aromatic hydroxyl groups is 1. The zero-order valence-electron chi connectivity index (χ0n) is 8.24. The quantitative estimate of drug-likeness (QED) is 0.750. The van der Waals surface area contributed by atoms with Gasteiger partial charge < -0.3 is 5.11 Å². The third-order valence-corrected chi connectivity index (χ3v) is 3.31. The van der Waals surface area contributed by atoms with Crippen LogP contribution in [0.3, 0.4) is 0 Å². The number of benzene rings is 1. The minimum Gasteiger partial charge on any atom is -0.507 e. The Labute approximate surface area is 87.7 Å². The molecule has 1 aromatic heterocycles. The molecule has 0 spiro atoms. The fourth-order valence-corrected chi connectivity index (χ4v) is 2.43. The van der Waals surface area contributed by atoms with E-state index in [0.717, 1.165) is 10.4 Å². The molecule has 0 unspecified atom stereocenters. The van der Waals surface area contributed by atoms with Crippen LogP contribution in [0.5, 0.6) is 5.75 Å². The molecule has 72 valence electrons.